The van der Waals surface area contributed by atoms with Gasteiger partial charge in [-0.1, -0.05) is 39.7 Å². The summed E-state index contributed by atoms with van der Waals surface area (Å²) in [4.78, 5) is 14.4. The molecular weight excluding hydrogens is 430 g/mol. The van der Waals surface area contributed by atoms with Gasteiger partial charge in [0, 0.05) is 36.4 Å². The van der Waals surface area contributed by atoms with Crippen molar-refractivity contribution >= 4 is 44.9 Å². The molecule has 5 nitrogen and oxygen atoms in total. The fourth-order valence-corrected chi connectivity index (χ4v) is 3.86. The molecule has 3 N–H and O–H groups in total. The molecule has 2 aromatic rings. The summed E-state index contributed by atoms with van der Waals surface area (Å²) in [7, 11) is 0. The van der Waals surface area contributed by atoms with E-state index in [1.54, 1.807) is 12.1 Å². The van der Waals surface area contributed by atoms with Gasteiger partial charge in [-0.2, -0.15) is 0 Å². The number of rotatable bonds is 5. The van der Waals surface area contributed by atoms with Crippen LogP contribution in [0, 0.1) is 5.92 Å². The molecule has 7 heteroatoms. The summed E-state index contributed by atoms with van der Waals surface area (Å²) in [6.07, 6.45) is 2.05. The van der Waals surface area contributed by atoms with Gasteiger partial charge in [-0.15, -0.1) is 0 Å². The van der Waals surface area contributed by atoms with E-state index in [9.17, 15) is 9.90 Å². The minimum atomic E-state index is -0.297. The average molecular weight is 453 g/mol. The van der Waals surface area contributed by atoms with Gasteiger partial charge in [0.15, 0.2) is 0 Å². The zero-order chi connectivity index (χ0) is 19.2. The van der Waals surface area contributed by atoms with Crippen LogP contribution in [0.2, 0.25) is 5.02 Å². The van der Waals surface area contributed by atoms with Gasteiger partial charge in [0.2, 0.25) is 0 Å². The largest absolute Gasteiger partial charge is 0.396 e. The van der Waals surface area contributed by atoms with E-state index in [0.717, 1.165) is 36.0 Å². The fraction of sp³-hybridized carbons (Fsp3) is 0.350. The van der Waals surface area contributed by atoms with E-state index in [0.29, 0.717) is 23.2 Å². The van der Waals surface area contributed by atoms with Crippen molar-refractivity contribution in [3.05, 3.63) is 57.5 Å². The molecule has 144 valence electrons. The minimum absolute atomic E-state index is 0.284. The van der Waals surface area contributed by atoms with E-state index in [2.05, 4.69) is 43.6 Å². The van der Waals surface area contributed by atoms with Crippen molar-refractivity contribution in [3.63, 3.8) is 0 Å². The number of nitrogens with one attached hydrogen (secondary N) is 2. The average Bonchev–Trinajstić information content (AvgIpc) is 2.69. The summed E-state index contributed by atoms with van der Waals surface area (Å²) < 4.78 is 0.860. The minimum Gasteiger partial charge on any atom is -0.396 e. The molecule has 0 radical (unpaired) electrons. The number of urea groups is 1. The molecule has 1 fully saturated rings. The Hall–Kier alpha value is -1.76. The standard InChI is InChI=1S/C20H23BrClN3O2/c21-16-3-6-19(18(22)11-16)24-20(27)23-12-14-1-4-17(5-2-14)25-9-7-15(13-26)8-10-25/h1-6,11,15,26H,7-10,12-13H2,(H2,23,24,27). The Labute approximate surface area is 172 Å². The van der Waals surface area contributed by atoms with E-state index in [-0.39, 0.29) is 12.6 Å². The van der Waals surface area contributed by atoms with Crippen molar-refractivity contribution in [3.8, 4) is 0 Å². The van der Waals surface area contributed by atoms with Crippen molar-refractivity contribution in [1.82, 2.24) is 5.32 Å². The lowest BCUT2D eigenvalue weighted by atomic mass is 9.97. The van der Waals surface area contributed by atoms with E-state index in [1.165, 1.54) is 5.69 Å². The number of carbonyl (C=O) groups is 1. The van der Waals surface area contributed by atoms with Gasteiger partial charge in [0.05, 0.1) is 10.7 Å². The Morgan fingerprint density at radius 1 is 1.19 bits per heavy atom. The molecule has 2 aromatic carbocycles. The molecular formula is C20H23BrClN3O2. The van der Waals surface area contributed by atoms with Gasteiger partial charge < -0.3 is 20.6 Å². The van der Waals surface area contributed by atoms with E-state index >= 15 is 0 Å². The number of aliphatic hydroxyl groups is 1. The maximum absolute atomic E-state index is 12.1. The number of piperidine rings is 1. The van der Waals surface area contributed by atoms with Crippen LogP contribution in [0.15, 0.2) is 46.9 Å². The second-order valence-electron chi connectivity index (χ2n) is 6.71. The highest BCUT2D eigenvalue weighted by atomic mass is 79.9. The number of hydrogen-bond acceptors (Lipinski definition) is 3. The van der Waals surface area contributed by atoms with Crippen molar-refractivity contribution in [2.24, 2.45) is 5.92 Å². The monoisotopic (exact) mass is 451 g/mol. The lowest BCUT2D eigenvalue weighted by Crippen LogP contribution is -2.34. The molecule has 0 aromatic heterocycles. The Morgan fingerprint density at radius 2 is 1.89 bits per heavy atom. The molecule has 0 spiro atoms. The third-order valence-electron chi connectivity index (χ3n) is 4.81. The summed E-state index contributed by atoms with van der Waals surface area (Å²) >= 11 is 9.45. The van der Waals surface area contributed by atoms with Crippen LogP contribution in [0.25, 0.3) is 0 Å². The highest BCUT2D eigenvalue weighted by molar-refractivity contribution is 9.10. The molecule has 0 atom stereocenters. The van der Waals surface area contributed by atoms with Crippen LogP contribution < -0.4 is 15.5 Å². The maximum Gasteiger partial charge on any atom is 0.319 e. The lowest BCUT2D eigenvalue weighted by molar-refractivity contribution is 0.203. The lowest BCUT2D eigenvalue weighted by Gasteiger charge is -2.33. The van der Waals surface area contributed by atoms with Gasteiger partial charge in [-0.05, 0) is 54.7 Å². The molecule has 0 saturated carbocycles. The van der Waals surface area contributed by atoms with Gasteiger partial charge in [0.25, 0.3) is 0 Å². The second-order valence-corrected chi connectivity index (χ2v) is 8.03. The first-order valence-corrected chi connectivity index (χ1v) is 10.2. The number of aliphatic hydroxyl groups excluding tert-OH is 1. The smallest absolute Gasteiger partial charge is 0.319 e. The summed E-state index contributed by atoms with van der Waals surface area (Å²) in [5.74, 6) is 0.433. The van der Waals surface area contributed by atoms with Gasteiger partial charge in [-0.25, -0.2) is 4.79 Å². The molecule has 0 aliphatic carbocycles. The molecule has 1 saturated heterocycles. The van der Waals surface area contributed by atoms with Gasteiger partial charge in [0.1, 0.15) is 0 Å². The molecule has 0 bridgehead atoms. The van der Waals surface area contributed by atoms with E-state index in [4.69, 9.17) is 11.6 Å². The molecule has 0 unspecified atom stereocenters. The first-order chi connectivity index (χ1) is 13.0. The van der Waals surface area contributed by atoms with Gasteiger partial charge in [-0.3, -0.25) is 0 Å². The molecule has 3 rings (SSSR count). The predicted molar refractivity (Wildman–Crippen MR) is 113 cm³/mol. The molecule has 2 amide bonds. The first kappa shape index (κ1) is 20.0. The number of halogens is 2. The number of nitrogens with zero attached hydrogens (tertiary/aromatic N) is 1. The van der Waals surface area contributed by atoms with E-state index < -0.39 is 0 Å². The maximum atomic E-state index is 12.1. The van der Waals surface area contributed by atoms with Crippen LogP contribution >= 0.6 is 27.5 Å². The van der Waals surface area contributed by atoms with Crippen LogP contribution in [0.4, 0.5) is 16.2 Å². The quantitative estimate of drug-likeness (QED) is 0.619. The molecule has 1 aliphatic rings. The SMILES string of the molecule is O=C(NCc1ccc(N2CCC(CO)CC2)cc1)Nc1ccc(Br)cc1Cl. The van der Waals surface area contributed by atoms with Crippen molar-refractivity contribution in [2.75, 3.05) is 29.9 Å². The Morgan fingerprint density at radius 3 is 2.52 bits per heavy atom. The fourth-order valence-electron chi connectivity index (χ4n) is 3.14. The summed E-state index contributed by atoms with van der Waals surface area (Å²) in [6, 6.07) is 13.2. The number of amides is 2. The molecule has 1 aliphatic heterocycles. The first-order valence-electron chi connectivity index (χ1n) is 9.00. The summed E-state index contributed by atoms with van der Waals surface area (Å²) in [6.45, 7) is 2.66. The normalized spacial score (nSPS) is 14.9. The van der Waals surface area contributed by atoms with Crippen molar-refractivity contribution in [2.45, 2.75) is 19.4 Å². The third kappa shape index (κ3) is 5.61. The number of carbonyl (C=O) groups excluding carboxylic acids is 1. The highest BCUT2D eigenvalue weighted by Crippen LogP contribution is 2.26. The van der Waals surface area contributed by atoms with Crippen LogP contribution in [-0.2, 0) is 6.54 Å². The van der Waals surface area contributed by atoms with Crippen LogP contribution in [-0.4, -0.2) is 30.8 Å². The number of hydrogen-bond donors (Lipinski definition) is 3. The zero-order valence-electron chi connectivity index (χ0n) is 14.9. The number of benzene rings is 2. The Bertz CT molecular complexity index is 777. The molecule has 27 heavy (non-hydrogen) atoms. The van der Waals surface area contributed by atoms with Crippen LogP contribution in [0.5, 0.6) is 0 Å². The van der Waals surface area contributed by atoms with Crippen LogP contribution in [0.3, 0.4) is 0 Å². The number of anilines is 2. The third-order valence-corrected chi connectivity index (χ3v) is 5.61. The summed E-state index contributed by atoms with van der Waals surface area (Å²) in [5, 5.41) is 15.3. The van der Waals surface area contributed by atoms with Crippen molar-refractivity contribution in [1.29, 1.82) is 0 Å². The second kappa shape index (κ2) is 9.44. The predicted octanol–water partition coefficient (Wildman–Crippen LogP) is 4.63. The zero-order valence-corrected chi connectivity index (χ0v) is 17.3. The van der Waals surface area contributed by atoms with Crippen molar-refractivity contribution < 1.29 is 9.90 Å². The molecule has 1 heterocycles. The Kier molecular flexibility index (Phi) is 6.99. The summed E-state index contributed by atoms with van der Waals surface area (Å²) in [5.41, 5.74) is 2.78. The Balaban J connectivity index is 1.49. The van der Waals surface area contributed by atoms with E-state index in [1.807, 2.05) is 18.2 Å². The highest BCUT2D eigenvalue weighted by Gasteiger charge is 2.18. The van der Waals surface area contributed by atoms with Crippen LogP contribution in [0.1, 0.15) is 18.4 Å². The topological polar surface area (TPSA) is 64.6 Å². The van der Waals surface area contributed by atoms with Gasteiger partial charge >= 0.3 is 6.03 Å².